The van der Waals surface area contributed by atoms with Crippen LogP contribution in [0.4, 0.5) is 5.82 Å². The minimum absolute atomic E-state index is 0.606. The van der Waals surface area contributed by atoms with Crippen LogP contribution >= 0.6 is 0 Å². The minimum Gasteiger partial charge on any atom is -0.384 e. The van der Waals surface area contributed by atoms with E-state index in [1.165, 1.54) is 57.4 Å². The van der Waals surface area contributed by atoms with Gasteiger partial charge in [0.25, 0.3) is 0 Å². The number of aromatic nitrogens is 1. The Kier molecular flexibility index (Phi) is 3.99. The Balaban J connectivity index is 1.48. The second kappa shape index (κ2) is 5.88. The molecule has 2 fully saturated rings. The van der Waals surface area contributed by atoms with Crippen molar-refractivity contribution in [3.8, 4) is 0 Å². The van der Waals surface area contributed by atoms with Gasteiger partial charge in [-0.25, -0.2) is 4.98 Å². The van der Waals surface area contributed by atoms with E-state index in [0.29, 0.717) is 5.82 Å². The highest BCUT2D eigenvalue weighted by Gasteiger charge is 2.25. The summed E-state index contributed by atoms with van der Waals surface area (Å²) in [6.45, 7) is 5.83. The molecule has 104 valence electrons. The zero-order valence-corrected chi connectivity index (χ0v) is 11.6. The van der Waals surface area contributed by atoms with Gasteiger partial charge in [-0.3, -0.25) is 9.80 Å². The molecule has 0 bridgehead atoms. The van der Waals surface area contributed by atoms with Crippen LogP contribution in [0.25, 0.3) is 0 Å². The van der Waals surface area contributed by atoms with Crippen LogP contribution in [0.3, 0.4) is 0 Å². The Morgan fingerprint density at radius 2 is 1.84 bits per heavy atom. The lowest BCUT2D eigenvalue weighted by Gasteiger charge is -2.38. The molecule has 4 heteroatoms. The average molecular weight is 260 g/mol. The summed E-state index contributed by atoms with van der Waals surface area (Å²) < 4.78 is 0. The normalized spacial score (nSPS) is 22.9. The maximum Gasteiger partial charge on any atom is 0.123 e. The second-order valence-corrected chi connectivity index (χ2v) is 5.84. The standard InChI is InChI=1S/C15H24N4/c16-15-6-5-13(11-17-15)12-18-7-9-19(10-8-18)14-3-1-2-4-14/h5-6,11,14H,1-4,7-10,12H2,(H2,16,17). The molecule has 4 nitrogen and oxygen atoms in total. The van der Waals surface area contributed by atoms with Gasteiger partial charge < -0.3 is 5.73 Å². The molecule has 1 aromatic rings. The average Bonchev–Trinajstić information content (AvgIpc) is 2.96. The van der Waals surface area contributed by atoms with Crippen molar-refractivity contribution >= 4 is 5.82 Å². The van der Waals surface area contributed by atoms with Crippen LogP contribution in [0.15, 0.2) is 18.3 Å². The number of nitrogen functional groups attached to an aromatic ring is 1. The number of pyridine rings is 1. The molecule has 1 saturated carbocycles. The molecule has 1 aliphatic carbocycles. The summed E-state index contributed by atoms with van der Waals surface area (Å²) >= 11 is 0. The molecule has 0 unspecified atom stereocenters. The molecular weight excluding hydrogens is 236 g/mol. The maximum atomic E-state index is 5.62. The number of anilines is 1. The van der Waals surface area contributed by atoms with Crippen molar-refractivity contribution in [2.24, 2.45) is 0 Å². The smallest absolute Gasteiger partial charge is 0.123 e. The van der Waals surface area contributed by atoms with E-state index in [2.05, 4.69) is 20.9 Å². The third-order valence-corrected chi connectivity index (χ3v) is 4.50. The lowest BCUT2D eigenvalue weighted by atomic mass is 10.1. The van der Waals surface area contributed by atoms with Crippen molar-refractivity contribution in [3.05, 3.63) is 23.9 Å². The van der Waals surface area contributed by atoms with E-state index in [9.17, 15) is 0 Å². The fourth-order valence-electron chi connectivity index (χ4n) is 3.34. The van der Waals surface area contributed by atoms with Crippen molar-refractivity contribution < 1.29 is 0 Å². The van der Waals surface area contributed by atoms with Gasteiger partial charge in [0.1, 0.15) is 5.82 Å². The van der Waals surface area contributed by atoms with Crippen LogP contribution in [0, 0.1) is 0 Å². The number of hydrogen-bond acceptors (Lipinski definition) is 4. The first kappa shape index (κ1) is 12.9. The Labute approximate surface area is 115 Å². The highest BCUT2D eigenvalue weighted by atomic mass is 15.3. The van der Waals surface area contributed by atoms with Crippen LogP contribution in [0.5, 0.6) is 0 Å². The third-order valence-electron chi connectivity index (χ3n) is 4.50. The fourth-order valence-corrected chi connectivity index (χ4v) is 3.34. The lowest BCUT2D eigenvalue weighted by Crippen LogP contribution is -2.49. The van der Waals surface area contributed by atoms with E-state index >= 15 is 0 Å². The van der Waals surface area contributed by atoms with Crippen LogP contribution in [-0.4, -0.2) is 47.0 Å². The molecule has 0 amide bonds. The van der Waals surface area contributed by atoms with Crippen LogP contribution in [0.1, 0.15) is 31.2 Å². The van der Waals surface area contributed by atoms with Gasteiger partial charge in [-0.05, 0) is 24.5 Å². The Hall–Kier alpha value is -1.13. The number of nitrogens with zero attached hydrogens (tertiary/aromatic N) is 3. The van der Waals surface area contributed by atoms with Crippen molar-refractivity contribution in [2.45, 2.75) is 38.3 Å². The first-order chi connectivity index (χ1) is 9.31. The predicted molar refractivity (Wildman–Crippen MR) is 77.8 cm³/mol. The van der Waals surface area contributed by atoms with Gasteiger partial charge in [-0.15, -0.1) is 0 Å². The van der Waals surface area contributed by atoms with E-state index in [1.807, 2.05) is 12.3 Å². The quantitative estimate of drug-likeness (QED) is 0.899. The monoisotopic (exact) mass is 260 g/mol. The minimum atomic E-state index is 0.606. The van der Waals surface area contributed by atoms with Gasteiger partial charge in [0.2, 0.25) is 0 Å². The summed E-state index contributed by atoms with van der Waals surface area (Å²) in [5.41, 5.74) is 6.88. The molecule has 1 saturated heterocycles. The molecule has 2 aliphatic rings. The first-order valence-corrected chi connectivity index (χ1v) is 7.48. The van der Waals surface area contributed by atoms with Gasteiger partial charge >= 0.3 is 0 Å². The Bertz CT molecular complexity index is 389. The third kappa shape index (κ3) is 3.25. The zero-order valence-electron chi connectivity index (χ0n) is 11.6. The largest absolute Gasteiger partial charge is 0.384 e. The van der Waals surface area contributed by atoms with Crippen molar-refractivity contribution in [2.75, 3.05) is 31.9 Å². The van der Waals surface area contributed by atoms with Crippen LogP contribution in [0.2, 0.25) is 0 Å². The number of hydrogen-bond donors (Lipinski definition) is 1. The van der Waals surface area contributed by atoms with Gasteiger partial charge in [-0.1, -0.05) is 18.9 Å². The lowest BCUT2D eigenvalue weighted by molar-refractivity contribution is 0.0936. The van der Waals surface area contributed by atoms with E-state index in [0.717, 1.165) is 12.6 Å². The molecular formula is C15H24N4. The summed E-state index contributed by atoms with van der Waals surface area (Å²) in [7, 11) is 0. The van der Waals surface area contributed by atoms with Gasteiger partial charge in [0.05, 0.1) is 0 Å². The molecule has 3 rings (SSSR count). The van der Waals surface area contributed by atoms with E-state index in [4.69, 9.17) is 5.73 Å². The van der Waals surface area contributed by atoms with Crippen molar-refractivity contribution in [1.82, 2.24) is 14.8 Å². The second-order valence-electron chi connectivity index (χ2n) is 5.84. The van der Waals surface area contributed by atoms with Gasteiger partial charge in [-0.2, -0.15) is 0 Å². The van der Waals surface area contributed by atoms with Crippen molar-refractivity contribution in [3.63, 3.8) is 0 Å². The van der Waals surface area contributed by atoms with Gasteiger partial charge in [0.15, 0.2) is 0 Å². The molecule has 19 heavy (non-hydrogen) atoms. The van der Waals surface area contributed by atoms with E-state index < -0.39 is 0 Å². The maximum absolute atomic E-state index is 5.62. The first-order valence-electron chi connectivity index (χ1n) is 7.48. The molecule has 1 aromatic heterocycles. The summed E-state index contributed by atoms with van der Waals surface area (Å²) in [4.78, 5) is 9.39. The van der Waals surface area contributed by atoms with Crippen LogP contribution < -0.4 is 5.73 Å². The molecule has 1 aliphatic heterocycles. The molecule has 2 heterocycles. The van der Waals surface area contributed by atoms with Crippen molar-refractivity contribution in [1.29, 1.82) is 0 Å². The highest BCUT2D eigenvalue weighted by Crippen LogP contribution is 2.24. The fraction of sp³-hybridized carbons (Fsp3) is 0.667. The number of piperazine rings is 1. The summed E-state index contributed by atoms with van der Waals surface area (Å²) in [5.74, 6) is 0.606. The highest BCUT2D eigenvalue weighted by molar-refractivity contribution is 5.29. The number of nitrogens with two attached hydrogens (primary N) is 1. The molecule has 0 atom stereocenters. The SMILES string of the molecule is Nc1ccc(CN2CCN(C3CCCC3)CC2)cn1. The van der Waals surface area contributed by atoms with E-state index in [1.54, 1.807) is 0 Å². The van der Waals surface area contributed by atoms with Crippen LogP contribution in [-0.2, 0) is 6.54 Å². The Morgan fingerprint density at radius 3 is 2.47 bits per heavy atom. The summed E-state index contributed by atoms with van der Waals surface area (Å²) in [6.07, 6.45) is 7.60. The summed E-state index contributed by atoms with van der Waals surface area (Å²) in [6, 6.07) is 4.86. The Morgan fingerprint density at radius 1 is 1.11 bits per heavy atom. The topological polar surface area (TPSA) is 45.4 Å². The van der Waals surface area contributed by atoms with E-state index in [-0.39, 0.29) is 0 Å². The summed E-state index contributed by atoms with van der Waals surface area (Å²) in [5, 5.41) is 0. The number of rotatable bonds is 3. The molecule has 0 spiro atoms. The molecule has 0 aromatic carbocycles. The molecule has 2 N–H and O–H groups in total. The molecule has 0 radical (unpaired) electrons. The van der Waals surface area contributed by atoms with Gasteiger partial charge in [0, 0.05) is 45.0 Å². The zero-order chi connectivity index (χ0) is 13.1. The predicted octanol–water partition coefficient (Wildman–Crippen LogP) is 1.72.